The van der Waals surface area contributed by atoms with Crippen LogP contribution in [0.5, 0.6) is 11.5 Å². The van der Waals surface area contributed by atoms with E-state index in [9.17, 15) is 19.2 Å². The summed E-state index contributed by atoms with van der Waals surface area (Å²) in [5, 5.41) is 3.23. The van der Waals surface area contributed by atoms with E-state index < -0.39 is 23.7 Å². The van der Waals surface area contributed by atoms with Gasteiger partial charge in [0.15, 0.2) is 17.3 Å². The highest BCUT2D eigenvalue weighted by Gasteiger charge is 2.18. The lowest BCUT2D eigenvalue weighted by Gasteiger charge is -2.15. The second kappa shape index (κ2) is 10.1. The van der Waals surface area contributed by atoms with E-state index in [2.05, 4.69) is 5.32 Å². The number of fused-ring (bicyclic) bond motifs is 1. The average molecular weight is 508 g/mol. The van der Waals surface area contributed by atoms with Gasteiger partial charge in [-0.1, -0.05) is 11.6 Å². The van der Waals surface area contributed by atoms with Gasteiger partial charge >= 0.3 is 5.69 Å². The summed E-state index contributed by atoms with van der Waals surface area (Å²) in [6.07, 6.45) is 0. The van der Waals surface area contributed by atoms with Crippen LogP contribution in [0, 0.1) is 0 Å². The number of rotatable bonds is 7. The van der Waals surface area contributed by atoms with Crippen LogP contribution < -0.4 is 26.0 Å². The van der Waals surface area contributed by atoms with Crippen molar-refractivity contribution in [1.29, 1.82) is 0 Å². The minimum absolute atomic E-state index is 0.147. The van der Waals surface area contributed by atoms with E-state index in [-0.39, 0.29) is 22.4 Å². The highest BCUT2D eigenvalue weighted by atomic mass is 35.5. The third-order valence-corrected chi connectivity index (χ3v) is 5.84. The van der Waals surface area contributed by atoms with Crippen LogP contribution in [0.1, 0.15) is 17.3 Å². The number of carbonyl (C=O) groups is 2. The fourth-order valence-electron chi connectivity index (χ4n) is 3.82. The number of carbonyl (C=O) groups excluding carboxylic acids is 2. The molecule has 0 unspecified atom stereocenters. The summed E-state index contributed by atoms with van der Waals surface area (Å²) in [4.78, 5) is 51.4. The topological polar surface area (TPSA) is 109 Å². The number of ketones is 1. The van der Waals surface area contributed by atoms with E-state index in [1.165, 1.54) is 68.2 Å². The molecule has 10 heteroatoms. The van der Waals surface area contributed by atoms with Crippen molar-refractivity contribution in [2.45, 2.75) is 13.5 Å². The summed E-state index contributed by atoms with van der Waals surface area (Å²) in [5.74, 6) is 0.261. The van der Waals surface area contributed by atoms with Gasteiger partial charge < -0.3 is 14.8 Å². The van der Waals surface area contributed by atoms with Gasteiger partial charge in [-0.15, -0.1) is 0 Å². The van der Waals surface area contributed by atoms with Gasteiger partial charge in [0, 0.05) is 22.3 Å². The first-order valence-corrected chi connectivity index (χ1v) is 11.2. The first-order valence-electron chi connectivity index (χ1n) is 10.8. The molecule has 0 saturated heterocycles. The minimum Gasteiger partial charge on any atom is -0.493 e. The molecule has 3 aromatic carbocycles. The molecule has 0 spiro atoms. The van der Waals surface area contributed by atoms with Crippen LogP contribution in [0.2, 0.25) is 5.02 Å². The monoisotopic (exact) mass is 507 g/mol. The van der Waals surface area contributed by atoms with Gasteiger partial charge in [-0.05, 0) is 61.5 Å². The van der Waals surface area contributed by atoms with Crippen molar-refractivity contribution in [3.05, 3.63) is 92.1 Å². The quantitative estimate of drug-likeness (QED) is 0.382. The molecule has 0 aliphatic heterocycles. The number of ether oxygens (including phenoxy) is 2. The van der Waals surface area contributed by atoms with Crippen LogP contribution in [0.3, 0.4) is 0 Å². The SMILES string of the molecule is COc1ccc(NC(=O)Cn2c(=O)n(-c3ccc(C(C)=O)cc3)c(=O)c3ccc(Cl)cc32)cc1OC. The van der Waals surface area contributed by atoms with Gasteiger partial charge in [0.05, 0.1) is 30.8 Å². The third kappa shape index (κ3) is 4.73. The summed E-state index contributed by atoms with van der Waals surface area (Å²) >= 11 is 6.14. The molecular weight excluding hydrogens is 486 g/mol. The van der Waals surface area contributed by atoms with Crippen LogP contribution in [-0.4, -0.2) is 35.0 Å². The highest BCUT2D eigenvalue weighted by molar-refractivity contribution is 6.31. The fourth-order valence-corrected chi connectivity index (χ4v) is 3.99. The molecule has 0 bridgehead atoms. The van der Waals surface area contributed by atoms with Crippen molar-refractivity contribution in [2.75, 3.05) is 19.5 Å². The summed E-state index contributed by atoms with van der Waals surface area (Å²) in [6.45, 7) is 1.03. The molecule has 9 nitrogen and oxygen atoms in total. The lowest BCUT2D eigenvalue weighted by Crippen LogP contribution is -2.40. The lowest BCUT2D eigenvalue weighted by molar-refractivity contribution is -0.116. The Hall–Kier alpha value is -4.37. The number of amides is 1. The van der Waals surface area contributed by atoms with Gasteiger partial charge in [-0.2, -0.15) is 0 Å². The Morgan fingerprint density at radius 3 is 2.25 bits per heavy atom. The molecule has 0 fully saturated rings. The zero-order valence-corrected chi connectivity index (χ0v) is 20.5. The molecule has 36 heavy (non-hydrogen) atoms. The van der Waals surface area contributed by atoms with E-state index in [0.29, 0.717) is 27.8 Å². The first-order chi connectivity index (χ1) is 17.2. The predicted molar refractivity (Wildman–Crippen MR) is 137 cm³/mol. The second-order valence-electron chi connectivity index (χ2n) is 7.89. The molecule has 1 aromatic heterocycles. The van der Waals surface area contributed by atoms with Crippen molar-refractivity contribution >= 4 is 39.9 Å². The number of hydrogen-bond donors (Lipinski definition) is 1. The molecule has 0 aliphatic rings. The number of hydrogen-bond acceptors (Lipinski definition) is 6. The molecule has 0 radical (unpaired) electrons. The molecule has 1 N–H and O–H groups in total. The summed E-state index contributed by atoms with van der Waals surface area (Å²) < 4.78 is 12.6. The van der Waals surface area contributed by atoms with Crippen molar-refractivity contribution < 1.29 is 19.1 Å². The number of anilines is 1. The smallest absolute Gasteiger partial charge is 0.336 e. The maximum absolute atomic E-state index is 13.5. The van der Waals surface area contributed by atoms with Gasteiger partial charge in [0.2, 0.25) is 5.91 Å². The molecule has 1 heterocycles. The number of methoxy groups -OCH3 is 2. The standard InChI is InChI=1S/C26H22ClN3O6/c1-15(31)16-4-8-19(9-5-16)30-25(33)20-10-6-17(27)12-21(20)29(26(30)34)14-24(32)28-18-7-11-22(35-2)23(13-18)36-3/h4-13H,14H2,1-3H3,(H,28,32). The largest absolute Gasteiger partial charge is 0.493 e. The van der Waals surface area contributed by atoms with E-state index >= 15 is 0 Å². The average Bonchev–Trinajstić information content (AvgIpc) is 2.86. The lowest BCUT2D eigenvalue weighted by atomic mass is 10.1. The van der Waals surface area contributed by atoms with Crippen LogP contribution in [0.25, 0.3) is 16.6 Å². The molecule has 1 amide bonds. The van der Waals surface area contributed by atoms with Crippen molar-refractivity contribution in [1.82, 2.24) is 9.13 Å². The number of nitrogens with zero attached hydrogens (tertiary/aromatic N) is 2. The maximum Gasteiger partial charge on any atom is 0.336 e. The Labute approximate surface area is 210 Å². The molecule has 0 atom stereocenters. The summed E-state index contributed by atoms with van der Waals surface area (Å²) in [6, 6.07) is 15.4. The van der Waals surface area contributed by atoms with Crippen LogP contribution in [0.4, 0.5) is 5.69 Å². The van der Waals surface area contributed by atoms with E-state index in [1.807, 2.05) is 0 Å². The first kappa shape index (κ1) is 24.7. The Morgan fingerprint density at radius 2 is 1.61 bits per heavy atom. The fraction of sp³-hybridized carbons (Fsp3) is 0.154. The predicted octanol–water partition coefficient (Wildman–Crippen LogP) is 3.66. The van der Waals surface area contributed by atoms with Gasteiger partial charge in [-0.3, -0.25) is 19.0 Å². The highest BCUT2D eigenvalue weighted by Crippen LogP contribution is 2.29. The van der Waals surface area contributed by atoms with Crippen molar-refractivity contribution in [3.63, 3.8) is 0 Å². The van der Waals surface area contributed by atoms with Crippen LogP contribution >= 0.6 is 11.6 Å². The van der Waals surface area contributed by atoms with Crippen LogP contribution in [0.15, 0.2) is 70.3 Å². The van der Waals surface area contributed by atoms with Crippen molar-refractivity contribution in [3.8, 4) is 17.2 Å². The second-order valence-corrected chi connectivity index (χ2v) is 8.33. The van der Waals surface area contributed by atoms with E-state index in [0.717, 1.165) is 4.57 Å². The Balaban J connectivity index is 1.79. The molecule has 4 rings (SSSR count). The molecular formula is C26H22ClN3O6. The van der Waals surface area contributed by atoms with Gasteiger partial charge in [-0.25, -0.2) is 9.36 Å². The summed E-state index contributed by atoms with van der Waals surface area (Å²) in [7, 11) is 2.98. The summed E-state index contributed by atoms with van der Waals surface area (Å²) in [5.41, 5.74) is 0.0548. The Kier molecular flexibility index (Phi) is 6.93. The number of halogens is 1. The number of aromatic nitrogens is 2. The molecule has 184 valence electrons. The van der Waals surface area contributed by atoms with E-state index in [1.54, 1.807) is 18.2 Å². The number of benzene rings is 3. The number of nitrogens with one attached hydrogen (secondary N) is 1. The maximum atomic E-state index is 13.5. The van der Waals surface area contributed by atoms with Gasteiger partial charge in [0.25, 0.3) is 5.56 Å². The molecule has 4 aromatic rings. The molecule has 0 saturated carbocycles. The molecule has 0 aliphatic carbocycles. The van der Waals surface area contributed by atoms with E-state index in [4.69, 9.17) is 21.1 Å². The normalized spacial score (nSPS) is 10.8. The van der Waals surface area contributed by atoms with Crippen LogP contribution in [-0.2, 0) is 11.3 Å². The Bertz CT molecular complexity index is 1610. The minimum atomic E-state index is -0.729. The van der Waals surface area contributed by atoms with Crippen molar-refractivity contribution in [2.24, 2.45) is 0 Å². The third-order valence-electron chi connectivity index (χ3n) is 5.61. The zero-order chi connectivity index (χ0) is 26.0. The van der Waals surface area contributed by atoms with Gasteiger partial charge in [0.1, 0.15) is 6.54 Å². The Morgan fingerprint density at radius 1 is 0.917 bits per heavy atom. The number of Topliss-reactive ketones (excluding diaryl/α,β-unsaturated/α-hetero) is 1. The zero-order valence-electron chi connectivity index (χ0n) is 19.7.